The summed E-state index contributed by atoms with van der Waals surface area (Å²) in [4.78, 5) is 12.5. The van der Waals surface area contributed by atoms with E-state index < -0.39 is 0 Å². The number of rotatable bonds is 4. The first-order chi connectivity index (χ1) is 9.00. The Morgan fingerprint density at radius 2 is 2.16 bits per heavy atom. The van der Waals surface area contributed by atoms with E-state index in [0.717, 1.165) is 4.90 Å². The molecule has 0 saturated heterocycles. The second-order valence-corrected chi connectivity index (χ2v) is 5.30. The topological polar surface area (TPSA) is 101 Å². The molecule has 0 aliphatic heterocycles. The first-order valence-electron chi connectivity index (χ1n) is 5.79. The second-order valence-electron chi connectivity index (χ2n) is 4.29. The molecule has 2 aromatic rings. The van der Waals surface area contributed by atoms with Gasteiger partial charge >= 0.3 is 5.69 Å². The Hall–Kier alpha value is -2.02. The molecule has 7 heteroatoms. The zero-order valence-corrected chi connectivity index (χ0v) is 11.5. The summed E-state index contributed by atoms with van der Waals surface area (Å²) in [5.41, 5.74) is 5.94. The van der Waals surface area contributed by atoms with Crippen LogP contribution in [0.15, 0.2) is 39.1 Å². The first-order valence-corrected chi connectivity index (χ1v) is 6.60. The molecule has 0 aliphatic carbocycles. The number of benzene rings is 1. The number of nitrogens with one attached hydrogen (secondary N) is 2. The highest BCUT2D eigenvalue weighted by molar-refractivity contribution is 7.99. The monoisotopic (exact) mass is 277 g/mol. The Kier molecular flexibility index (Phi) is 3.75. The zero-order chi connectivity index (χ0) is 14.0. The maximum Gasteiger partial charge on any atom is 0.344 e. The van der Waals surface area contributed by atoms with Crippen molar-refractivity contribution in [2.75, 3.05) is 0 Å². The van der Waals surface area contributed by atoms with Gasteiger partial charge in [0.05, 0.1) is 0 Å². The van der Waals surface area contributed by atoms with Crippen molar-refractivity contribution in [3.05, 3.63) is 40.3 Å². The summed E-state index contributed by atoms with van der Waals surface area (Å²) in [6.45, 7) is 3.83. The van der Waals surface area contributed by atoms with Crippen molar-refractivity contribution in [1.29, 1.82) is 5.41 Å². The molecule has 0 bridgehead atoms. The highest BCUT2D eigenvalue weighted by Gasteiger charge is 2.14. The van der Waals surface area contributed by atoms with Gasteiger partial charge in [-0.1, -0.05) is 18.2 Å². The molecule has 1 aromatic carbocycles. The minimum Gasteiger partial charge on any atom is -0.384 e. The van der Waals surface area contributed by atoms with Crippen LogP contribution in [0.25, 0.3) is 0 Å². The average Bonchev–Trinajstić information content (AvgIpc) is 2.71. The lowest BCUT2D eigenvalue weighted by molar-refractivity contribution is 0.534. The summed E-state index contributed by atoms with van der Waals surface area (Å²) in [6.07, 6.45) is 0. The van der Waals surface area contributed by atoms with Gasteiger partial charge in [-0.15, -0.1) is 5.10 Å². The van der Waals surface area contributed by atoms with Gasteiger partial charge in [-0.3, -0.25) is 9.98 Å². The molecule has 0 unspecified atom stereocenters. The second kappa shape index (κ2) is 5.31. The summed E-state index contributed by atoms with van der Waals surface area (Å²) in [5, 5.41) is 14.6. The number of hydrogen-bond donors (Lipinski definition) is 3. The van der Waals surface area contributed by atoms with E-state index in [4.69, 9.17) is 11.1 Å². The van der Waals surface area contributed by atoms with E-state index in [1.165, 1.54) is 11.8 Å². The van der Waals surface area contributed by atoms with Crippen molar-refractivity contribution in [3.8, 4) is 0 Å². The molecule has 100 valence electrons. The maximum atomic E-state index is 11.7. The molecule has 6 nitrogen and oxygen atoms in total. The highest BCUT2D eigenvalue weighted by atomic mass is 32.2. The summed E-state index contributed by atoms with van der Waals surface area (Å²) in [6, 6.07) is 7.32. The van der Waals surface area contributed by atoms with Crippen LogP contribution in [-0.2, 0) is 0 Å². The molecule has 1 heterocycles. The first kappa shape index (κ1) is 13.4. The normalized spacial score (nSPS) is 10.9. The SMILES string of the molecule is CC(C)n1c(Sc2ccccc2C(=N)N)n[nH]c1=O. The Bertz CT molecular complexity index is 658. The molecule has 0 spiro atoms. The van der Waals surface area contributed by atoms with Gasteiger partial charge in [-0.25, -0.2) is 9.89 Å². The van der Waals surface area contributed by atoms with Crippen molar-refractivity contribution >= 4 is 17.6 Å². The standard InChI is InChI=1S/C12H15N5OS/c1-7(2)17-11(18)15-16-12(17)19-9-6-4-3-5-8(9)10(13)14/h3-7H,1-2H3,(H3,13,14)(H,15,18). The predicted octanol–water partition coefficient (Wildman–Crippen LogP) is 1.59. The fraction of sp³-hybridized carbons (Fsp3) is 0.250. The average molecular weight is 277 g/mol. The van der Waals surface area contributed by atoms with Crippen molar-refractivity contribution < 1.29 is 0 Å². The molecule has 0 saturated carbocycles. The third kappa shape index (κ3) is 2.70. The number of aromatic amines is 1. The van der Waals surface area contributed by atoms with E-state index in [1.54, 1.807) is 10.6 Å². The van der Waals surface area contributed by atoms with Crippen LogP contribution < -0.4 is 11.4 Å². The minimum atomic E-state index is -0.238. The van der Waals surface area contributed by atoms with E-state index in [9.17, 15) is 4.79 Å². The molecular formula is C12H15N5OS. The summed E-state index contributed by atoms with van der Waals surface area (Å²) in [7, 11) is 0. The van der Waals surface area contributed by atoms with E-state index >= 15 is 0 Å². The van der Waals surface area contributed by atoms with Crippen molar-refractivity contribution in [1.82, 2.24) is 14.8 Å². The molecule has 2 rings (SSSR count). The molecule has 1 aromatic heterocycles. The quantitative estimate of drug-likeness (QED) is 0.583. The van der Waals surface area contributed by atoms with Gasteiger partial charge < -0.3 is 5.73 Å². The lowest BCUT2D eigenvalue weighted by Crippen LogP contribution is -2.19. The van der Waals surface area contributed by atoms with Gasteiger partial charge in [0.15, 0.2) is 5.16 Å². The lowest BCUT2D eigenvalue weighted by atomic mass is 10.2. The molecular weight excluding hydrogens is 262 g/mol. The van der Waals surface area contributed by atoms with Crippen LogP contribution in [0.4, 0.5) is 0 Å². The van der Waals surface area contributed by atoms with E-state index in [0.29, 0.717) is 10.7 Å². The molecule has 0 atom stereocenters. The van der Waals surface area contributed by atoms with Crippen LogP contribution in [0.1, 0.15) is 25.5 Å². The zero-order valence-electron chi connectivity index (χ0n) is 10.7. The third-order valence-electron chi connectivity index (χ3n) is 2.57. The van der Waals surface area contributed by atoms with Gasteiger partial charge in [0.25, 0.3) is 0 Å². The highest BCUT2D eigenvalue weighted by Crippen LogP contribution is 2.29. The number of nitrogens with zero attached hydrogens (tertiary/aromatic N) is 2. The van der Waals surface area contributed by atoms with Gasteiger partial charge in [-0.05, 0) is 31.7 Å². The Balaban J connectivity index is 2.43. The number of aromatic nitrogens is 3. The van der Waals surface area contributed by atoms with E-state index in [2.05, 4.69) is 10.2 Å². The van der Waals surface area contributed by atoms with E-state index in [1.807, 2.05) is 32.0 Å². The lowest BCUT2D eigenvalue weighted by Gasteiger charge is -2.10. The fourth-order valence-corrected chi connectivity index (χ4v) is 2.81. The Morgan fingerprint density at radius 1 is 1.47 bits per heavy atom. The van der Waals surface area contributed by atoms with E-state index in [-0.39, 0.29) is 17.6 Å². The minimum absolute atomic E-state index is 0.00270. The number of nitrogen functional groups attached to an aromatic ring is 1. The number of amidine groups is 1. The Labute approximate surface area is 114 Å². The van der Waals surface area contributed by atoms with Gasteiger partial charge in [0.1, 0.15) is 5.84 Å². The van der Waals surface area contributed by atoms with Crippen LogP contribution in [0.3, 0.4) is 0 Å². The molecule has 0 radical (unpaired) electrons. The van der Waals surface area contributed by atoms with Crippen LogP contribution >= 0.6 is 11.8 Å². The van der Waals surface area contributed by atoms with Crippen molar-refractivity contribution in [2.24, 2.45) is 5.73 Å². The van der Waals surface area contributed by atoms with Crippen LogP contribution in [0, 0.1) is 5.41 Å². The molecule has 4 N–H and O–H groups in total. The van der Waals surface area contributed by atoms with Crippen LogP contribution in [0.5, 0.6) is 0 Å². The molecule has 0 fully saturated rings. The Morgan fingerprint density at radius 3 is 2.79 bits per heavy atom. The maximum absolute atomic E-state index is 11.7. The summed E-state index contributed by atoms with van der Waals surface area (Å²) in [5.74, 6) is -0.00270. The largest absolute Gasteiger partial charge is 0.384 e. The number of nitrogens with two attached hydrogens (primary N) is 1. The van der Waals surface area contributed by atoms with Gasteiger partial charge in [-0.2, -0.15) is 0 Å². The van der Waals surface area contributed by atoms with Crippen molar-refractivity contribution in [3.63, 3.8) is 0 Å². The summed E-state index contributed by atoms with van der Waals surface area (Å²) >= 11 is 1.32. The molecule has 0 amide bonds. The number of hydrogen-bond acceptors (Lipinski definition) is 4. The number of H-pyrrole nitrogens is 1. The smallest absolute Gasteiger partial charge is 0.344 e. The van der Waals surface area contributed by atoms with Gasteiger partial charge in [0.2, 0.25) is 0 Å². The molecule has 19 heavy (non-hydrogen) atoms. The van der Waals surface area contributed by atoms with Crippen LogP contribution in [-0.4, -0.2) is 20.6 Å². The predicted molar refractivity (Wildman–Crippen MR) is 74.8 cm³/mol. The fourth-order valence-electron chi connectivity index (χ4n) is 1.69. The van der Waals surface area contributed by atoms with Crippen LogP contribution in [0.2, 0.25) is 0 Å². The molecule has 0 aliphatic rings. The van der Waals surface area contributed by atoms with Crippen molar-refractivity contribution in [2.45, 2.75) is 29.9 Å². The van der Waals surface area contributed by atoms with Gasteiger partial charge in [0, 0.05) is 16.5 Å². The third-order valence-corrected chi connectivity index (χ3v) is 3.61. The summed E-state index contributed by atoms with van der Waals surface area (Å²) < 4.78 is 1.57.